The second kappa shape index (κ2) is 7.01. The maximum Gasteiger partial charge on any atom is 0.340 e. The topological polar surface area (TPSA) is 61.6 Å². The van der Waals surface area contributed by atoms with Crippen molar-refractivity contribution in [3.05, 3.63) is 71.3 Å². The molecule has 0 saturated heterocycles. The highest BCUT2D eigenvalue weighted by Gasteiger charge is 2.16. The Hall–Kier alpha value is -3.12. The van der Waals surface area contributed by atoms with Crippen LogP contribution >= 0.6 is 11.3 Å². The number of hydrogen-bond donors (Lipinski definition) is 0. The minimum absolute atomic E-state index is 0.0190. The summed E-state index contributed by atoms with van der Waals surface area (Å²) in [6.07, 6.45) is 0. The second-order valence-electron chi connectivity index (χ2n) is 5.60. The molecule has 0 aliphatic rings. The van der Waals surface area contributed by atoms with Crippen molar-refractivity contribution in [2.75, 3.05) is 7.11 Å². The van der Waals surface area contributed by atoms with E-state index in [1.54, 1.807) is 13.2 Å². The minimum atomic E-state index is -0.377. The zero-order valence-electron chi connectivity index (χ0n) is 14.0. The second-order valence-corrected chi connectivity index (χ2v) is 6.51. The molecule has 0 atom stereocenters. The summed E-state index contributed by atoms with van der Waals surface area (Å²) in [5.41, 5.74) is 2.02. The van der Waals surface area contributed by atoms with Gasteiger partial charge in [-0.3, -0.25) is 0 Å². The van der Waals surface area contributed by atoms with Gasteiger partial charge in [0.2, 0.25) is 0 Å². The Morgan fingerprint density at radius 3 is 2.85 bits per heavy atom. The standard InChI is InChI=1S/C20H15NO4S/c1-23-18-8-4-2-7-15(18)17-10-13(25-21-17)11-24-20(22)16-12-26-19-9-5-3-6-14(16)19/h2-10,12H,11H2,1H3. The number of esters is 1. The molecule has 4 aromatic rings. The van der Waals surface area contributed by atoms with Crippen LogP contribution in [-0.2, 0) is 11.3 Å². The Bertz CT molecular complexity index is 1070. The van der Waals surface area contributed by atoms with Gasteiger partial charge in [0.05, 0.1) is 12.7 Å². The number of rotatable bonds is 5. The lowest BCUT2D eigenvalue weighted by Crippen LogP contribution is -2.03. The van der Waals surface area contributed by atoms with E-state index in [2.05, 4.69) is 5.16 Å². The summed E-state index contributed by atoms with van der Waals surface area (Å²) in [6, 6.07) is 17.0. The van der Waals surface area contributed by atoms with Gasteiger partial charge in [-0.05, 0) is 18.2 Å². The Balaban J connectivity index is 1.49. The van der Waals surface area contributed by atoms with Crippen LogP contribution in [0.2, 0.25) is 0 Å². The molecule has 0 fully saturated rings. The van der Waals surface area contributed by atoms with E-state index in [1.165, 1.54) is 11.3 Å². The predicted molar refractivity (Wildman–Crippen MR) is 99.4 cm³/mol. The summed E-state index contributed by atoms with van der Waals surface area (Å²) in [5, 5.41) is 6.75. The van der Waals surface area contributed by atoms with Crippen molar-refractivity contribution in [1.29, 1.82) is 0 Å². The Kier molecular flexibility index (Phi) is 4.41. The zero-order valence-corrected chi connectivity index (χ0v) is 14.8. The van der Waals surface area contributed by atoms with Gasteiger partial charge < -0.3 is 14.0 Å². The molecule has 2 heterocycles. The van der Waals surface area contributed by atoms with E-state index in [1.807, 2.05) is 53.9 Å². The summed E-state index contributed by atoms with van der Waals surface area (Å²) in [4.78, 5) is 12.4. The number of carbonyl (C=O) groups is 1. The molecule has 2 aromatic carbocycles. The molecule has 4 rings (SSSR count). The van der Waals surface area contributed by atoms with Crippen molar-refractivity contribution in [3.8, 4) is 17.0 Å². The molecule has 0 aliphatic heterocycles. The fourth-order valence-corrected chi connectivity index (χ4v) is 3.64. The molecule has 130 valence electrons. The van der Waals surface area contributed by atoms with Crippen LogP contribution in [0.25, 0.3) is 21.3 Å². The van der Waals surface area contributed by atoms with E-state index in [4.69, 9.17) is 14.0 Å². The molecule has 0 N–H and O–H groups in total. The van der Waals surface area contributed by atoms with Crippen LogP contribution in [-0.4, -0.2) is 18.2 Å². The first-order chi connectivity index (χ1) is 12.8. The van der Waals surface area contributed by atoms with Gasteiger partial charge in [0, 0.05) is 27.1 Å². The predicted octanol–water partition coefficient (Wildman–Crippen LogP) is 4.92. The van der Waals surface area contributed by atoms with Crippen molar-refractivity contribution in [2.24, 2.45) is 0 Å². The lowest BCUT2D eigenvalue weighted by molar-refractivity contribution is 0.0440. The Morgan fingerprint density at radius 1 is 1.15 bits per heavy atom. The van der Waals surface area contributed by atoms with Crippen molar-refractivity contribution in [3.63, 3.8) is 0 Å². The van der Waals surface area contributed by atoms with Gasteiger partial charge >= 0.3 is 5.97 Å². The van der Waals surface area contributed by atoms with Gasteiger partial charge in [0.15, 0.2) is 12.4 Å². The number of methoxy groups -OCH3 is 1. The van der Waals surface area contributed by atoms with Gasteiger partial charge in [-0.2, -0.15) is 0 Å². The first-order valence-corrected chi connectivity index (χ1v) is 8.86. The third kappa shape index (κ3) is 3.07. The van der Waals surface area contributed by atoms with Gasteiger partial charge in [-0.15, -0.1) is 11.3 Å². The quantitative estimate of drug-likeness (QED) is 0.470. The fourth-order valence-electron chi connectivity index (χ4n) is 2.71. The average Bonchev–Trinajstić information content (AvgIpc) is 3.33. The highest BCUT2D eigenvalue weighted by atomic mass is 32.1. The normalized spacial score (nSPS) is 10.8. The molecule has 6 heteroatoms. The molecule has 2 aromatic heterocycles. The number of aromatic nitrogens is 1. The van der Waals surface area contributed by atoms with Crippen molar-refractivity contribution >= 4 is 27.4 Å². The van der Waals surface area contributed by atoms with Crippen LogP contribution in [0.4, 0.5) is 0 Å². The van der Waals surface area contributed by atoms with Gasteiger partial charge in [-0.1, -0.05) is 35.5 Å². The van der Waals surface area contributed by atoms with E-state index in [0.29, 0.717) is 22.8 Å². The minimum Gasteiger partial charge on any atom is -0.496 e. The molecule has 5 nitrogen and oxygen atoms in total. The molecular formula is C20H15NO4S. The number of hydrogen-bond acceptors (Lipinski definition) is 6. The first-order valence-electron chi connectivity index (χ1n) is 7.98. The van der Waals surface area contributed by atoms with Crippen molar-refractivity contribution < 1.29 is 18.8 Å². The number of para-hydroxylation sites is 1. The van der Waals surface area contributed by atoms with Crippen LogP contribution in [0.3, 0.4) is 0 Å². The summed E-state index contributed by atoms with van der Waals surface area (Å²) >= 11 is 1.52. The lowest BCUT2D eigenvalue weighted by Gasteiger charge is -2.03. The Labute approximate surface area is 153 Å². The van der Waals surface area contributed by atoms with E-state index >= 15 is 0 Å². The summed E-state index contributed by atoms with van der Waals surface area (Å²) < 4.78 is 17.1. The van der Waals surface area contributed by atoms with Crippen molar-refractivity contribution in [2.45, 2.75) is 6.61 Å². The SMILES string of the molecule is COc1ccccc1-c1cc(COC(=O)c2csc3ccccc23)on1. The van der Waals surface area contributed by atoms with Crippen LogP contribution in [0.5, 0.6) is 5.75 Å². The highest BCUT2D eigenvalue weighted by molar-refractivity contribution is 7.17. The van der Waals surface area contributed by atoms with Gasteiger partial charge in [0.25, 0.3) is 0 Å². The first kappa shape index (κ1) is 16.4. The van der Waals surface area contributed by atoms with Crippen LogP contribution < -0.4 is 4.74 Å². The molecule has 0 saturated carbocycles. The highest BCUT2D eigenvalue weighted by Crippen LogP contribution is 2.30. The van der Waals surface area contributed by atoms with Gasteiger partial charge in [-0.25, -0.2) is 4.79 Å². The molecule has 0 spiro atoms. The zero-order chi connectivity index (χ0) is 17.9. The summed E-state index contributed by atoms with van der Waals surface area (Å²) in [5.74, 6) is 0.797. The van der Waals surface area contributed by atoms with E-state index < -0.39 is 0 Å². The average molecular weight is 365 g/mol. The molecular weight excluding hydrogens is 350 g/mol. The van der Waals surface area contributed by atoms with E-state index in [9.17, 15) is 4.79 Å². The largest absolute Gasteiger partial charge is 0.496 e. The molecule has 0 bridgehead atoms. The van der Waals surface area contributed by atoms with E-state index in [-0.39, 0.29) is 12.6 Å². The number of ether oxygens (including phenoxy) is 2. The van der Waals surface area contributed by atoms with Crippen LogP contribution in [0, 0.1) is 0 Å². The third-order valence-corrected chi connectivity index (χ3v) is 4.95. The van der Waals surface area contributed by atoms with Crippen molar-refractivity contribution in [1.82, 2.24) is 5.16 Å². The molecule has 0 radical (unpaired) electrons. The number of fused-ring (bicyclic) bond motifs is 1. The number of nitrogens with zero attached hydrogens (tertiary/aromatic N) is 1. The summed E-state index contributed by atoms with van der Waals surface area (Å²) in [6.45, 7) is 0.0190. The van der Waals surface area contributed by atoms with Gasteiger partial charge in [0.1, 0.15) is 11.4 Å². The summed E-state index contributed by atoms with van der Waals surface area (Å²) in [7, 11) is 1.60. The molecule has 26 heavy (non-hydrogen) atoms. The smallest absolute Gasteiger partial charge is 0.340 e. The maximum atomic E-state index is 12.4. The molecule has 0 amide bonds. The lowest BCUT2D eigenvalue weighted by atomic mass is 10.1. The number of thiophene rings is 1. The molecule has 0 unspecified atom stereocenters. The monoisotopic (exact) mass is 365 g/mol. The molecule has 0 aliphatic carbocycles. The maximum absolute atomic E-state index is 12.4. The van der Waals surface area contributed by atoms with E-state index in [0.717, 1.165) is 15.6 Å². The Morgan fingerprint density at radius 2 is 1.96 bits per heavy atom. The van der Waals surface area contributed by atoms with Crippen LogP contribution in [0.1, 0.15) is 16.1 Å². The number of benzene rings is 2. The fraction of sp³-hybridized carbons (Fsp3) is 0.100. The third-order valence-electron chi connectivity index (χ3n) is 3.99. The number of carbonyl (C=O) groups excluding carboxylic acids is 1. The van der Waals surface area contributed by atoms with Crippen LogP contribution in [0.15, 0.2) is 64.5 Å².